The van der Waals surface area contributed by atoms with Gasteiger partial charge in [-0.1, -0.05) is 13.8 Å². The maximum atomic E-state index is 11.1. The van der Waals surface area contributed by atoms with Crippen molar-refractivity contribution in [1.29, 1.82) is 0 Å². The molecule has 0 spiro atoms. The lowest BCUT2D eigenvalue weighted by Gasteiger charge is -2.13. The van der Waals surface area contributed by atoms with Crippen molar-refractivity contribution in [2.45, 2.75) is 51.4 Å². The Morgan fingerprint density at radius 2 is 2.06 bits per heavy atom. The molecule has 2 rings (SSSR count). The van der Waals surface area contributed by atoms with Crippen LogP contribution >= 0.6 is 0 Å². The number of carboxylic acid groups (broad SMARTS) is 1. The fourth-order valence-electron chi connectivity index (χ4n) is 2.04. The van der Waals surface area contributed by atoms with Gasteiger partial charge in [-0.05, 0) is 31.7 Å². The second-order valence-electron chi connectivity index (χ2n) is 4.63. The number of aromatic nitrogens is 2. The molecule has 0 saturated heterocycles. The molecule has 1 aliphatic carbocycles. The van der Waals surface area contributed by atoms with E-state index >= 15 is 0 Å². The molecule has 4 nitrogen and oxygen atoms in total. The molecule has 1 fully saturated rings. The first-order valence-electron chi connectivity index (χ1n) is 6.27. The van der Waals surface area contributed by atoms with Gasteiger partial charge in [0.25, 0.3) is 0 Å². The van der Waals surface area contributed by atoms with Crippen molar-refractivity contribution in [2.24, 2.45) is 0 Å². The molecule has 0 amide bonds. The van der Waals surface area contributed by atoms with E-state index in [-0.39, 0.29) is 5.69 Å². The predicted octanol–water partition coefficient (Wildman–Crippen LogP) is 2.96. The summed E-state index contributed by atoms with van der Waals surface area (Å²) >= 11 is 0. The first kappa shape index (κ1) is 12.0. The number of hydrogen-bond acceptors (Lipinski definition) is 3. The van der Waals surface area contributed by atoms with Gasteiger partial charge in [-0.3, -0.25) is 0 Å². The number of hydrogen-bond donors (Lipinski definition) is 1. The highest BCUT2D eigenvalue weighted by atomic mass is 16.4. The summed E-state index contributed by atoms with van der Waals surface area (Å²) in [5.74, 6) is 0.504. The molecule has 0 aromatic carbocycles. The Labute approximate surface area is 101 Å². The molecule has 92 valence electrons. The smallest absolute Gasteiger partial charge is 0.354 e. The third-order valence-corrected chi connectivity index (χ3v) is 3.33. The van der Waals surface area contributed by atoms with Crippen LogP contribution in [0.4, 0.5) is 0 Å². The van der Waals surface area contributed by atoms with Crippen LogP contribution in [0.3, 0.4) is 0 Å². The standard InChI is InChI=1S/C13H18N2O2/c1-3-8(4-2)10-7-11(13(16)17)15-12(14-10)9-5-6-9/h7-9H,3-6H2,1-2H3,(H,16,17). The van der Waals surface area contributed by atoms with Crippen LogP contribution in [0.25, 0.3) is 0 Å². The first-order chi connectivity index (χ1) is 8.15. The van der Waals surface area contributed by atoms with E-state index < -0.39 is 5.97 Å². The van der Waals surface area contributed by atoms with Gasteiger partial charge in [-0.25, -0.2) is 14.8 Å². The van der Waals surface area contributed by atoms with Crippen molar-refractivity contribution in [3.63, 3.8) is 0 Å². The first-order valence-corrected chi connectivity index (χ1v) is 6.27. The average molecular weight is 234 g/mol. The number of carboxylic acids is 1. The van der Waals surface area contributed by atoms with Gasteiger partial charge in [-0.15, -0.1) is 0 Å². The summed E-state index contributed by atoms with van der Waals surface area (Å²) in [5, 5.41) is 9.07. The number of aromatic carboxylic acids is 1. The molecule has 17 heavy (non-hydrogen) atoms. The minimum absolute atomic E-state index is 0.142. The van der Waals surface area contributed by atoms with Crippen LogP contribution in [0.1, 0.15) is 73.4 Å². The largest absolute Gasteiger partial charge is 0.477 e. The van der Waals surface area contributed by atoms with Crippen LogP contribution in [0.5, 0.6) is 0 Å². The van der Waals surface area contributed by atoms with E-state index in [1.807, 2.05) is 0 Å². The van der Waals surface area contributed by atoms with E-state index in [1.54, 1.807) is 6.07 Å². The summed E-state index contributed by atoms with van der Waals surface area (Å²) in [6, 6.07) is 1.63. The van der Waals surface area contributed by atoms with Gasteiger partial charge in [0.15, 0.2) is 5.69 Å². The molecule has 0 radical (unpaired) electrons. The second kappa shape index (κ2) is 4.82. The molecule has 0 bridgehead atoms. The van der Waals surface area contributed by atoms with Gasteiger partial charge in [0, 0.05) is 17.5 Å². The topological polar surface area (TPSA) is 63.1 Å². The molecule has 1 heterocycles. The van der Waals surface area contributed by atoms with Gasteiger partial charge in [0.1, 0.15) is 5.82 Å². The van der Waals surface area contributed by atoms with Crippen LogP contribution in [-0.4, -0.2) is 21.0 Å². The molecule has 1 saturated carbocycles. The van der Waals surface area contributed by atoms with E-state index in [1.165, 1.54) is 0 Å². The van der Waals surface area contributed by atoms with Crippen molar-refractivity contribution >= 4 is 5.97 Å². The molecule has 0 atom stereocenters. The summed E-state index contributed by atoms with van der Waals surface area (Å²) in [6.07, 6.45) is 4.14. The molecule has 1 aliphatic rings. The molecule has 0 aliphatic heterocycles. The van der Waals surface area contributed by atoms with Crippen molar-refractivity contribution < 1.29 is 9.90 Å². The summed E-state index contributed by atoms with van der Waals surface area (Å²) < 4.78 is 0. The van der Waals surface area contributed by atoms with Crippen molar-refractivity contribution in [2.75, 3.05) is 0 Å². The van der Waals surface area contributed by atoms with E-state index in [4.69, 9.17) is 5.11 Å². The third kappa shape index (κ3) is 2.62. The van der Waals surface area contributed by atoms with E-state index in [2.05, 4.69) is 23.8 Å². The summed E-state index contributed by atoms with van der Waals surface area (Å²) in [5.41, 5.74) is 1.04. The van der Waals surface area contributed by atoms with Gasteiger partial charge < -0.3 is 5.11 Å². The Kier molecular flexibility index (Phi) is 3.41. The van der Waals surface area contributed by atoms with Crippen LogP contribution in [0, 0.1) is 0 Å². The number of carbonyl (C=O) groups is 1. The maximum Gasteiger partial charge on any atom is 0.354 e. The zero-order chi connectivity index (χ0) is 12.4. The lowest BCUT2D eigenvalue weighted by Crippen LogP contribution is -2.10. The molecule has 0 unspecified atom stereocenters. The van der Waals surface area contributed by atoms with Crippen LogP contribution in [0.2, 0.25) is 0 Å². The van der Waals surface area contributed by atoms with Gasteiger partial charge in [-0.2, -0.15) is 0 Å². The minimum Gasteiger partial charge on any atom is -0.477 e. The van der Waals surface area contributed by atoms with E-state index in [9.17, 15) is 4.79 Å². The van der Waals surface area contributed by atoms with E-state index in [0.717, 1.165) is 37.2 Å². The lowest BCUT2D eigenvalue weighted by atomic mass is 9.98. The molecule has 1 N–H and O–H groups in total. The van der Waals surface area contributed by atoms with Gasteiger partial charge in [0.2, 0.25) is 0 Å². The van der Waals surface area contributed by atoms with Gasteiger partial charge >= 0.3 is 5.97 Å². The predicted molar refractivity (Wildman–Crippen MR) is 64.3 cm³/mol. The van der Waals surface area contributed by atoms with Crippen molar-refractivity contribution in [3.8, 4) is 0 Å². The normalized spacial score (nSPS) is 15.2. The van der Waals surface area contributed by atoms with Crippen LogP contribution in [-0.2, 0) is 0 Å². The van der Waals surface area contributed by atoms with Crippen molar-refractivity contribution in [3.05, 3.63) is 23.3 Å². The molecular weight excluding hydrogens is 216 g/mol. The Morgan fingerprint density at radius 1 is 1.41 bits per heavy atom. The van der Waals surface area contributed by atoms with Gasteiger partial charge in [0.05, 0.1) is 0 Å². The Morgan fingerprint density at radius 3 is 2.53 bits per heavy atom. The second-order valence-corrected chi connectivity index (χ2v) is 4.63. The maximum absolute atomic E-state index is 11.1. The average Bonchev–Trinajstić information content (AvgIpc) is 3.14. The molecule has 1 aromatic rings. The quantitative estimate of drug-likeness (QED) is 0.850. The minimum atomic E-state index is -0.957. The van der Waals surface area contributed by atoms with Crippen LogP contribution in [0.15, 0.2) is 6.07 Å². The Balaban J connectivity index is 2.39. The number of nitrogens with zero attached hydrogens (tertiary/aromatic N) is 2. The highest BCUT2D eigenvalue weighted by Crippen LogP contribution is 2.38. The highest BCUT2D eigenvalue weighted by Gasteiger charge is 2.28. The summed E-state index contributed by atoms with van der Waals surface area (Å²) in [4.78, 5) is 19.7. The SMILES string of the molecule is CCC(CC)c1cc(C(=O)O)nc(C2CC2)n1. The summed E-state index contributed by atoms with van der Waals surface area (Å²) in [7, 11) is 0. The number of rotatable bonds is 5. The third-order valence-electron chi connectivity index (χ3n) is 3.33. The Bertz CT molecular complexity index is 423. The van der Waals surface area contributed by atoms with Crippen LogP contribution < -0.4 is 0 Å². The fourth-order valence-corrected chi connectivity index (χ4v) is 2.04. The lowest BCUT2D eigenvalue weighted by molar-refractivity contribution is 0.0689. The van der Waals surface area contributed by atoms with E-state index in [0.29, 0.717) is 11.8 Å². The molecular formula is C13H18N2O2. The molecule has 1 aromatic heterocycles. The summed E-state index contributed by atoms with van der Waals surface area (Å²) in [6.45, 7) is 4.21. The Hall–Kier alpha value is -1.45. The monoisotopic (exact) mass is 234 g/mol. The van der Waals surface area contributed by atoms with Crippen molar-refractivity contribution in [1.82, 2.24) is 9.97 Å². The molecule has 4 heteroatoms. The zero-order valence-corrected chi connectivity index (χ0v) is 10.3. The zero-order valence-electron chi connectivity index (χ0n) is 10.3. The highest BCUT2D eigenvalue weighted by molar-refractivity contribution is 5.85. The fraction of sp³-hybridized carbons (Fsp3) is 0.615.